The minimum absolute atomic E-state index is 2.12. The molecule has 0 atom stereocenters. The maximum atomic E-state index is 12.3. The van der Waals surface area contributed by atoms with E-state index in [-0.39, 0.29) is 0 Å². The second kappa shape index (κ2) is 4.65. The first-order valence-electron chi connectivity index (χ1n) is 3.39. The number of hydrogen-bond donors (Lipinski definition) is 0. The molecular weight excluding hydrogens is 261 g/mol. The molecule has 0 amide bonds. The van der Waals surface area contributed by atoms with Crippen LogP contribution in [0.3, 0.4) is 0 Å². The highest BCUT2D eigenvalue weighted by molar-refractivity contribution is 4.74. The van der Waals surface area contributed by atoms with E-state index in [1.807, 2.05) is 0 Å². The molecule has 98 valence electrons. The summed E-state index contributed by atoms with van der Waals surface area (Å²) < 4.78 is 109. The predicted octanol–water partition coefficient (Wildman–Crippen LogP) is 2.86. The second-order valence-electron chi connectivity index (χ2n) is 2.41. The zero-order valence-electron chi connectivity index (χ0n) is 7.17. The summed E-state index contributed by atoms with van der Waals surface area (Å²) >= 11 is 0. The molecule has 16 heavy (non-hydrogen) atoms. The summed E-state index contributed by atoms with van der Waals surface area (Å²) in [5.41, 5.74) is 0. The van der Waals surface area contributed by atoms with Crippen molar-refractivity contribution in [3.63, 3.8) is 0 Å². The fourth-order valence-electron chi connectivity index (χ4n) is 0.492. The van der Waals surface area contributed by atoms with Gasteiger partial charge in [-0.3, -0.25) is 0 Å². The fraction of sp³-hybridized carbons (Fsp3) is 1.00. The number of ether oxygens (including phenoxy) is 1. The summed E-state index contributed by atoms with van der Waals surface area (Å²) in [5.74, 6) is 0. The number of hydrogen-bond acceptors (Lipinski definition) is 2. The van der Waals surface area contributed by atoms with E-state index in [4.69, 9.17) is 0 Å². The SMILES string of the molecule is FCN(F)C(F)(F)C(F)(F)OC(F)(F)CF. The van der Waals surface area contributed by atoms with E-state index in [0.29, 0.717) is 0 Å². The van der Waals surface area contributed by atoms with Crippen LogP contribution in [0.15, 0.2) is 0 Å². The molecule has 0 saturated carbocycles. The van der Waals surface area contributed by atoms with E-state index in [1.165, 1.54) is 0 Å². The molecule has 0 unspecified atom stereocenters. The van der Waals surface area contributed by atoms with Gasteiger partial charge < -0.3 is 0 Å². The van der Waals surface area contributed by atoms with Gasteiger partial charge >= 0.3 is 18.3 Å². The topological polar surface area (TPSA) is 12.5 Å². The standard InChI is InChI=1S/C5H4F9NO/c6-1-3(8,9)16-5(12,13)4(10,11)15(14)2-7/h1-2H2. The number of alkyl halides is 8. The fourth-order valence-corrected chi connectivity index (χ4v) is 0.492. The van der Waals surface area contributed by atoms with Crippen LogP contribution in [0.2, 0.25) is 0 Å². The summed E-state index contributed by atoms with van der Waals surface area (Å²) in [5, 5.41) is -2.36. The van der Waals surface area contributed by atoms with Gasteiger partial charge in [0, 0.05) is 0 Å². The van der Waals surface area contributed by atoms with Gasteiger partial charge in [-0.15, -0.1) is 4.48 Å². The Hall–Kier alpha value is -0.710. The molecule has 0 saturated heterocycles. The number of halogens is 9. The molecule has 0 spiro atoms. The first kappa shape index (κ1) is 15.3. The van der Waals surface area contributed by atoms with Crippen molar-refractivity contribution in [3.05, 3.63) is 0 Å². The van der Waals surface area contributed by atoms with Gasteiger partial charge in [-0.1, -0.05) is 0 Å². The smallest absolute Gasteiger partial charge is 0.247 e. The van der Waals surface area contributed by atoms with Gasteiger partial charge in [0.25, 0.3) is 0 Å². The van der Waals surface area contributed by atoms with Crippen molar-refractivity contribution in [2.75, 3.05) is 13.5 Å². The Bertz CT molecular complexity index is 232. The molecule has 0 aliphatic heterocycles. The van der Waals surface area contributed by atoms with Gasteiger partial charge in [0.2, 0.25) is 0 Å². The summed E-state index contributed by atoms with van der Waals surface area (Å²) in [6, 6.07) is -6.00. The van der Waals surface area contributed by atoms with Gasteiger partial charge in [0.05, 0.1) is 0 Å². The molecule has 0 N–H and O–H groups in total. The Morgan fingerprint density at radius 2 is 1.38 bits per heavy atom. The normalized spacial score (nSPS) is 14.6. The maximum Gasteiger partial charge on any atom is 0.441 e. The second-order valence-corrected chi connectivity index (χ2v) is 2.41. The molecule has 0 aromatic heterocycles. The molecule has 0 aliphatic carbocycles. The Morgan fingerprint density at radius 1 is 0.938 bits per heavy atom. The molecule has 0 rings (SSSR count). The Labute approximate surface area is 82.5 Å². The van der Waals surface area contributed by atoms with E-state index in [1.54, 1.807) is 0 Å². The van der Waals surface area contributed by atoms with Crippen molar-refractivity contribution in [1.29, 1.82) is 0 Å². The van der Waals surface area contributed by atoms with Gasteiger partial charge in [-0.25, -0.2) is 13.5 Å². The van der Waals surface area contributed by atoms with Crippen LogP contribution in [0.5, 0.6) is 0 Å². The number of rotatable bonds is 6. The maximum absolute atomic E-state index is 12.3. The molecule has 0 radical (unpaired) electrons. The van der Waals surface area contributed by atoms with E-state index >= 15 is 0 Å². The lowest BCUT2D eigenvalue weighted by molar-refractivity contribution is -0.474. The van der Waals surface area contributed by atoms with Crippen molar-refractivity contribution < 1.29 is 44.3 Å². The quantitative estimate of drug-likeness (QED) is 0.416. The van der Waals surface area contributed by atoms with Crippen molar-refractivity contribution in [1.82, 2.24) is 5.12 Å². The monoisotopic (exact) mass is 265 g/mol. The van der Waals surface area contributed by atoms with E-state index in [9.17, 15) is 39.6 Å². The summed E-state index contributed by atoms with van der Waals surface area (Å²) in [6.07, 6.45) is -11.4. The molecular formula is C5H4F9NO. The van der Waals surface area contributed by atoms with Crippen molar-refractivity contribution in [3.8, 4) is 0 Å². The van der Waals surface area contributed by atoms with Gasteiger partial charge in [-0.2, -0.15) is 26.3 Å². The van der Waals surface area contributed by atoms with Crippen LogP contribution in [-0.4, -0.2) is 36.9 Å². The van der Waals surface area contributed by atoms with Crippen LogP contribution in [0.4, 0.5) is 39.6 Å². The molecule has 0 fully saturated rings. The molecule has 11 heteroatoms. The molecule has 0 bridgehead atoms. The van der Waals surface area contributed by atoms with E-state index in [0.717, 1.165) is 0 Å². The summed E-state index contributed by atoms with van der Waals surface area (Å²) in [4.78, 5) is 0. The van der Waals surface area contributed by atoms with Crippen LogP contribution in [-0.2, 0) is 4.74 Å². The molecule has 0 aromatic carbocycles. The third-order valence-corrected chi connectivity index (χ3v) is 1.19. The van der Waals surface area contributed by atoms with Crippen LogP contribution in [0.1, 0.15) is 0 Å². The average Bonchev–Trinajstić information content (AvgIpc) is 2.14. The molecule has 2 nitrogen and oxygen atoms in total. The zero-order chi connectivity index (χ0) is 13.2. The van der Waals surface area contributed by atoms with Crippen LogP contribution < -0.4 is 0 Å². The number of nitrogens with zero attached hydrogens (tertiary/aromatic N) is 1. The third kappa shape index (κ3) is 3.14. The van der Waals surface area contributed by atoms with Gasteiger partial charge in [0.1, 0.15) is 0 Å². The highest BCUT2D eigenvalue weighted by Gasteiger charge is 2.66. The summed E-state index contributed by atoms with van der Waals surface area (Å²) in [6.45, 7) is -5.53. The molecule has 0 aliphatic rings. The Balaban J connectivity index is 4.90. The highest BCUT2D eigenvalue weighted by Crippen LogP contribution is 2.41. The van der Waals surface area contributed by atoms with Crippen LogP contribution >= 0.6 is 0 Å². The van der Waals surface area contributed by atoms with Crippen molar-refractivity contribution in [2.45, 2.75) is 18.3 Å². The first-order valence-corrected chi connectivity index (χ1v) is 3.39. The Kier molecular flexibility index (Phi) is 4.45. The minimum Gasteiger partial charge on any atom is -0.247 e. The van der Waals surface area contributed by atoms with Gasteiger partial charge in [-0.05, 0) is 5.12 Å². The third-order valence-electron chi connectivity index (χ3n) is 1.19. The minimum atomic E-state index is -6.11. The van der Waals surface area contributed by atoms with Crippen molar-refractivity contribution >= 4 is 0 Å². The molecule has 0 heterocycles. The highest BCUT2D eigenvalue weighted by atomic mass is 19.3. The van der Waals surface area contributed by atoms with E-state index < -0.39 is 36.9 Å². The summed E-state index contributed by atoms with van der Waals surface area (Å²) in [7, 11) is 0. The average molecular weight is 265 g/mol. The van der Waals surface area contributed by atoms with Crippen molar-refractivity contribution in [2.24, 2.45) is 0 Å². The lowest BCUT2D eigenvalue weighted by Gasteiger charge is -2.30. The molecule has 0 aromatic rings. The van der Waals surface area contributed by atoms with Crippen LogP contribution in [0.25, 0.3) is 0 Å². The lowest BCUT2D eigenvalue weighted by atomic mass is 10.5. The first-order chi connectivity index (χ1) is 7.00. The lowest BCUT2D eigenvalue weighted by Crippen LogP contribution is -2.55. The zero-order valence-corrected chi connectivity index (χ0v) is 7.17. The predicted molar refractivity (Wildman–Crippen MR) is 30.8 cm³/mol. The van der Waals surface area contributed by atoms with E-state index in [2.05, 4.69) is 4.74 Å². The van der Waals surface area contributed by atoms with Crippen LogP contribution in [0, 0.1) is 0 Å². The Morgan fingerprint density at radius 3 is 1.69 bits per heavy atom. The van der Waals surface area contributed by atoms with Gasteiger partial charge in [0.15, 0.2) is 13.5 Å². The largest absolute Gasteiger partial charge is 0.441 e.